The lowest BCUT2D eigenvalue weighted by Gasteiger charge is -2.10. The second kappa shape index (κ2) is 7.02. The fourth-order valence-electron chi connectivity index (χ4n) is 2.41. The van der Waals surface area contributed by atoms with Crippen molar-refractivity contribution < 1.29 is 12.8 Å². The van der Waals surface area contributed by atoms with Crippen LogP contribution in [0, 0.1) is 5.82 Å². The molecule has 0 atom stereocenters. The van der Waals surface area contributed by atoms with Crippen LogP contribution < -0.4 is 10.0 Å². The second-order valence-electron chi connectivity index (χ2n) is 5.48. The monoisotopic (exact) mass is 360 g/mol. The SMILES string of the molecule is CCCS(=O)(=O)Nc1ccc(Nc2ncnc3c(F)cccc23)cc1. The summed E-state index contributed by atoms with van der Waals surface area (Å²) in [7, 11) is -3.32. The molecule has 0 saturated heterocycles. The minimum absolute atomic E-state index is 0.0749. The quantitative estimate of drug-likeness (QED) is 0.701. The Bertz CT molecular complexity index is 991. The van der Waals surface area contributed by atoms with Crippen molar-refractivity contribution in [2.24, 2.45) is 0 Å². The number of para-hydroxylation sites is 1. The van der Waals surface area contributed by atoms with Gasteiger partial charge < -0.3 is 5.32 Å². The van der Waals surface area contributed by atoms with Gasteiger partial charge in [-0.1, -0.05) is 13.0 Å². The van der Waals surface area contributed by atoms with Gasteiger partial charge in [0.05, 0.1) is 5.75 Å². The molecule has 0 spiro atoms. The molecule has 130 valence electrons. The van der Waals surface area contributed by atoms with Crippen LogP contribution in [0.5, 0.6) is 0 Å². The maximum Gasteiger partial charge on any atom is 0.232 e. The van der Waals surface area contributed by atoms with E-state index in [2.05, 4.69) is 20.0 Å². The zero-order valence-electron chi connectivity index (χ0n) is 13.5. The highest BCUT2D eigenvalue weighted by Crippen LogP contribution is 2.25. The average Bonchev–Trinajstić information content (AvgIpc) is 2.57. The molecule has 25 heavy (non-hydrogen) atoms. The summed E-state index contributed by atoms with van der Waals surface area (Å²) in [6.45, 7) is 1.81. The third-order valence-electron chi connectivity index (χ3n) is 3.51. The number of aromatic nitrogens is 2. The van der Waals surface area contributed by atoms with Gasteiger partial charge in [0.15, 0.2) is 0 Å². The molecule has 0 amide bonds. The molecule has 3 aromatic rings. The van der Waals surface area contributed by atoms with Crippen LogP contribution in [0.4, 0.5) is 21.6 Å². The summed E-state index contributed by atoms with van der Waals surface area (Å²) in [6.07, 6.45) is 1.84. The Morgan fingerprint density at radius 2 is 1.76 bits per heavy atom. The summed E-state index contributed by atoms with van der Waals surface area (Å²) in [5.74, 6) is 0.137. The minimum atomic E-state index is -3.32. The predicted molar refractivity (Wildman–Crippen MR) is 96.9 cm³/mol. The first-order valence-corrected chi connectivity index (χ1v) is 9.40. The van der Waals surface area contributed by atoms with Gasteiger partial charge in [-0.05, 0) is 42.8 Å². The fraction of sp³-hybridized carbons (Fsp3) is 0.176. The normalized spacial score (nSPS) is 11.4. The summed E-state index contributed by atoms with van der Waals surface area (Å²) >= 11 is 0. The number of halogens is 1. The molecule has 0 bridgehead atoms. The fourth-order valence-corrected chi connectivity index (χ4v) is 3.54. The molecule has 8 heteroatoms. The molecule has 0 aliphatic carbocycles. The number of nitrogens with zero attached hydrogens (tertiary/aromatic N) is 2. The largest absolute Gasteiger partial charge is 0.340 e. The van der Waals surface area contributed by atoms with Crippen LogP contribution in [0.3, 0.4) is 0 Å². The van der Waals surface area contributed by atoms with Gasteiger partial charge in [-0.25, -0.2) is 22.8 Å². The Hall–Kier alpha value is -2.74. The number of nitrogens with one attached hydrogen (secondary N) is 2. The first-order chi connectivity index (χ1) is 12.0. The Morgan fingerprint density at radius 1 is 1.04 bits per heavy atom. The first kappa shape index (κ1) is 17.1. The Morgan fingerprint density at radius 3 is 2.48 bits per heavy atom. The molecular weight excluding hydrogens is 343 g/mol. The second-order valence-corrected chi connectivity index (χ2v) is 7.32. The average molecular weight is 360 g/mol. The van der Waals surface area contributed by atoms with Gasteiger partial charge in [-0.2, -0.15) is 0 Å². The van der Waals surface area contributed by atoms with Crippen LogP contribution in [0.2, 0.25) is 0 Å². The van der Waals surface area contributed by atoms with E-state index in [9.17, 15) is 12.8 Å². The molecule has 1 aromatic heterocycles. The van der Waals surface area contributed by atoms with Crippen molar-refractivity contribution in [1.29, 1.82) is 0 Å². The number of rotatable bonds is 6. The number of hydrogen-bond donors (Lipinski definition) is 2. The number of sulfonamides is 1. The van der Waals surface area contributed by atoms with Crippen LogP contribution in [0.1, 0.15) is 13.3 Å². The van der Waals surface area contributed by atoms with Crippen LogP contribution in [-0.2, 0) is 10.0 Å². The van der Waals surface area contributed by atoms with Crippen molar-refractivity contribution in [3.8, 4) is 0 Å². The standard InChI is InChI=1S/C17H17FN4O2S/c1-2-10-25(23,24)22-13-8-6-12(7-9-13)21-17-14-4-3-5-15(18)16(14)19-11-20-17/h3-9,11,22H,2,10H2,1H3,(H,19,20,21). The maximum atomic E-state index is 13.8. The molecule has 0 saturated carbocycles. The molecular formula is C17H17FN4O2S. The van der Waals surface area contributed by atoms with E-state index in [1.807, 2.05) is 0 Å². The van der Waals surface area contributed by atoms with E-state index >= 15 is 0 Å². The first-order valence-electron chi connectivity index (χ1n) is 7.75. The predicted octanol–water partition coefficient (Wildman–Crippen LogP) is 3.66. The van der Waals surface area contributed by atoms with Crippen molar-refractivity contribution >= 4 is 38.1 Å². The molecule has 2 N–H and O–H groups in total. The van der Waals surface area contributed by atoms with Gasteiger partial charge in [0, 0.05) is 16.8 Å². The topological polar surface area (TPSA) is 84.0 Å². The smallest absolute Gasteiger partial charge is 0.232 e. The molecule has 0 aliphatic rings. The van der Waals surface area contributed by atoms with E-state index < -0.39 is 15.8 Å². The van der Waals surface area contributed by atoms with Crippen molar-refractivity contribution in [3.05, 3.63) is 54.6 Å². The highest BCUT2D eigenvalue weighted by Gasteiger charge is 2.10. The Balaban J connectivity index is 1.82. The van der Waals surface area contributed by atoms with Gasteiger partial charge in [-0.15, -0.1) is 0 Å². The van der Waals surface area contributed by atoms with Gasteiger partial charge in [0.25, 0.3) is 0 Å². The van der Waals surface area contributed by atoms with Gasteiger partial charge in [-0.3, -0.25) is 4.72 Å². The van der Waals surface area contributed by atoms with E-state index in [1.165, 1.54) is 12.4 Å². The molecule has 1 heterocycles. The Labute approximate surface area is 145 Å². The van der Waals surface area contributed by atoms with Crippen molar-refractivity contribution in [2.45, 2.75) is 13.3 Å². The van der Waals surface area contributed by atoms with E-state index in [1.54, 1.807) is 43.3 Å². The lowest BCUT2D eigenvalue weighted by Crippen LogP contribution is -2.15. The Kier molecular flexibility index (Phi) is 4.80. The summed E-state index contributed by atoms with van der Waals surface area (Å²) in [5.41, 5.74) is 1.42. The molecule has 0 aliphatic heterocycles. The molecule has 0 radical (unpaired) electrons. The van der Waals surface area contributed by atoms with Crippen LogP contribution >= 0.6 is 0 Å². The third kappa shape index (κ3) is 4.03. The van der Waals surface area contributed by atoms with Gasteiger partial charge in [0.1, 0.15) is 23.5 Å². The van der Waals surface area contributed by atoms with Crippen LogP contribution in [-0.4, -0.2) is 24.1 Å². The van der Waals surface area contributed by atoms with Gasteiger partial charge >= 0.3 is 0 Å². The van der Waals surface area contributed by atoms with E-state index in [0.717, 1.165) is 0 Å². The number of anilines is 3. The van der Waals surface area contributed by atoms with Crippen LogP contribution in [0.15, 0.2) is 48.8 Å². The molecule has 3 rings (SSSR count). The van der Waals surface area contributed by atoms with Crippen molar-refractivity contribution in [3.63, 3.8) is 0 Å². The zero-order valence-corrected chi connectivity index (χ0v) is 14.3. The van der Waals surface area contributed by atoms with Crippen molar-refractivity contribution in [2.75, 3.05) is 15.8 Å². The molecule has 2 aromatic carbocycles. The van der Waals surface area contributed by atoms with Crippen molar-refractivity contribution in [1.82, 2.24) is 9.97 Å². The summed E-state index contributed by atoms with van der Waals surface area (Å²) in [5, 5.41) is 3.66. The number of hydrogen-bond acceptors (Lipinski definition) is 5. The molecule has 0 fully saturated rings. The third-order valence-corrected chi connectivity index (χ3v) is 5.00. The summed E-state index contributed by atoms with van der Waals surface area (Å²) < 4.78 is 39.9. The van der Waals surface area contributed by atoms with E-state index in [-0.39, 0.29) is 11.3 Å². The summed E-state index contributed by atoms with van der Waals surface area (Å²) in [4.78, 5) is 8.10. The lowest BCUT2D eigenvalue weighted by atomic mass is 10.2. The van der Waals surface area contributed by atoms with E-state index in [0.29, 0.717) is 29.0 Å². The highest BCUT2D eigenvalue weighted by molar-refractivity contribution is 7.92. The van der Waals surface area contributed by atoms with Crippen LogP contribution in [0.25, 0.3) is 10.9 Å². The zero-order chi connectivity index (χ0) is 17.9. The number of fused-ring (bicyclic) bond motifs is 1. The van der Waals surface area contributed by atoms with E-state index in [4.69, 9.17) is 0 Å². The maximum absolute atomic E-state index is 13.8. The minimum Gasteiger partial charge on any atom is -0.340 e. The highest BCUT2D eigenvalue weighted by atomic mass is 32.2. The summed E-state index contributed by atoms with van der Waals surface area (Å²) in [6, 6.07) is 11.4. The van der Waals surface area contributed by atoms with Gasteiger partial charge in [0.2, 0.25) is 10.0 Å². The molecule has 6 nitrogen and oxygen atoms in total. The molecule has 0 unspecified atom stereocenters. The lowest BCUT2D eigenvalue weighted by molar-refractivity contribution is 0.600. The number of benzene rings is 2.